The molecule has 0 bridgehead atoms. The van der Waals surface area contributed by atoms with Crippen LogP contribution in [0.15, 0.2) is 22.7 Å². The molecule has 0 saturated heterocycles. The van der Waals surface area contributed by atoms with Gasteiger partial charge in [0.25, 0.3) is 0 Å². The Morgan fingerprint density at radius 1 is 1.50 bits per heavy atom. The summed E-state index contributed by atoms with van der Waals surface area (Å²) in [5.41, 5.74) is 2.14. The van der Waals surface area contributed by atoms with Crippen LogP contribution in [-0.4, -0.2) is 35.9 Å². The Bertz CT molecular complexity index is 423. The third-order valence-corrected chi connectivity index (χ3v) is 3.25. The summed E-state index contributed by atoms with van der Waals surface area (Å²) in [6.07, 6.45) is -0.372. The number of likely N-dealkylation sites (N-methyl/N-ethyl adjacent to an activating group) is 1. The molecule has 18 heavy (non-hydrogen) atoms. The molecule has 0 heterocycles. The number of anilines is 1. The topological polar surface area (TPSA) is 60.8 Å². The number of carboxylic acid groups (broad SMARTS) is 1. The number of aliphatic hydroxyl groups excluding tert-OH is 1. The molecule has 0 aliphatic carbocycles. The number of halogens is 1. The molecule has 0 aromatic heterocycles. The van der Waals surface area contributed by atoms with E-state index in [0.717, 1.165) is 15.7 Å². The maximum Gasteiger partial charge on any atom is 0.303 e. The predicted octanol–water partition coefficient (Wildman–Crippen LogP) is 2.42. The normalized spacial score (nSPS) is 12.2. The molecular weight excluding hydrogens is 298 g/mol. The molecule has 100 valence electrons. The molecule has 0 saturated carbocycles. The largest absolute Gasteiger partial charge is 0.481 e. The lowest BCUT2D eigenvalue weighted by atomic mass is 10.1. The van der Waals surface area contributed by atoms with Crippen LogP contribution in [0, 0.1) is 6.92 Å². The summed E-state index contributed by atoms with van der Waals surface area (Å²) in [6.45, 7) is 2.42. The predicted molar refractivity (Wildman–Crippen MR) is 75.0 cm³/mol. The zero-order valence-electron chi connectivity index (χ0n) is 10.6. The van der Waals surface area contributed by atoms with Crippen molar-refractivity contribution in [2.75, 3.05) is 18.5 Å². The van der Waals surface area contributed by atoms with Crippen molar-refractivity contribution in [3.8, 4) is 0 Å². The van der Waals surface area contributed by atoms with E-state index in [1.54, 1.807) is 0 Å². The number of hydrogen-bond acceptors (Lipinski definition) is 3. The van der Waals surface area contributed by atoms with Gasteiger partial charge in [0.15, 0.2) is 0 Å². The molecule has 0 aliphatic rings. The minimum absolute atomic E-state index is 0.00747. The van der Waals surface area contributed by atoms with Gasteiger partial charge in [-0.2, -0.15) is 0 Å². The van der Waals surface area contributed by atoms with E-state index in [2.05, 4.69) is 15.9 Å². The number of benzene rings is 1. The summed E-state index contributed by atoms with van der Waals surface area (Å²) in [7, 11) is 1.89. The van der Waals surface area contributed by atoms with Crippen LogP contribution < -0.4 is 4.90 Å². The standard InChI is InChI=1S/C13H18BrNO3/c1-9-3-4-10(14)7-12(9)15(2)8-11(16)5-6-13(17)18/h3-4,7,11,16H,5-6,8H2,1-2H3,(H,17,18). The van der Waals surface area contributed by atoms with E-state index in [1.807, 2.05) is 37.1 Å². The van der Waals surface area contributed by atoms with Crippen molar-refractivity contribution < 1.29 is 15.0 Å². The van der Waals surface area contributed by atoms with Crippen LogP contribution >= 0.6 is 15.9 Å². The van der Waals surface area contributed by atoms with Crippen molar-refractivity contribution in [1.29, 1.82) is 0 Å². The van der Waals surface area contributed by atoms with E-state index in [-0.39, 0.29) is 12.8 Å². The first-order valence-electron chi connectivity index (χ1n) is 5.77. The van der Waals surface area contributed by atoms with Crippen LogP contribution in [0.5, 0.6) is 0 Å². The zero-order chi connectivity index (χ0) is 13.7. The van der Waals surface area contributed by atoms with Crippen LogP contribution in [0.1, 0.15) is 18.4 Å². The number of carboxylic acids is 1. The Morgan fingerprint density at radius 2 is 2.17 bits per heavy atom. The monoisotopic (exact) mass is 315 g/mol. The molecule has 1 aromatic rings. The highest BCUT2D eigenvalue weighted by Gasteiger charge is 2.12. The second kappa shape index (κ2) is 6.75. The highest BCUT2D eigenvalue weighted by Crippen LogP contribution is 2.24. The van der Waals surface area contributed by atoms with Crippen molar-refractivity contribution in [2.24, 2.45) is 0 Å². The first kappa shape index (κ1) is 15.0. The summed E-state index contributed by atoms with van der Waals surface area (Å²) in [4.78, 5) is 12.4. The van der Waals surface area contributed by atoms with Crippen LogP contribution in [0.2, 0.25) is 0 Å². The van der Waals surface area contributed by atoms with Gasteiger partial charge in [0.05, 0.1) is 6.10 Å². The molecule has 4 nitrogen and oxygen atoms in total. The van der Waals surface area contributed by atoms with E-state index >= 15 is 0 Å². The Balaban J connectivity index is 2.61. The van der Waals surface area contributed by atoms with Gasteiger partial charge in [0.1, 0.15) is 0 Å². The smallest absolute Gasteiger partial charge is 0.303 e. The molecule has 0 amide bonds. The first-order valence-corrected chi connectivity index (χ1v) is 6.56. The molecule has 0 spiro atoms. The lowest BCUT2D eigenvalue weighted by molar-refractivity contribution is -0.137. The SMILES string of the molecule is Cc1ccc(Br)cc1N(C)CC(O)CCC(=O)O. The van der Waals surface area contributed by atoms with Crippen molar-refractivity contribution in [3.05, 3.63) is 28.2 Å². The van der Waals surface area contributed by atoms with Crippen LogP contribution in [-0.2, 0) is 4.79 Å². The van der Waals surface area contributed by atoms with Gasteiger partial charge >= 0.3 is 5.97 Å². The van der Waals surface area contributed by atoms with Crippen molar-refractivity contribution in [3.63, 3.8) is 0 Å². The van der Waals surface area contributed by atoms with Gasteiger partial charge in [-0.15, -0.1) is 0 Å². The molecule has 0 aliphatic heterocycles. The molecule has 1 atom stereocenters. The highest BCUT2D eigenvalue weighted by molar-refractivity contribution is 9.10. The number of carbonyl (C=O) groups is 1. The fraction of sp³-hybridized carbons (Fsp3) is 0.462. The minimum Gasteiger partial charge on any atom is -0.481 e. The van der Waals surface area contributed by atoms with Crippen molar-refractivity contribution in [1.82, 2.24) is 0 Å². The maximum absolute atomic E-state index is 10.4. The van der Waals surface area contributed by atoms with E-state index in [1.165, 1.54) is 0 Å². The number of rotatable bonds is 6. The molecule has 0 radical (unpaired) electrons. The molecule has 0 fully saturated rings. The van der Waals surface area contributed by atoms with E-state index in [0.29, 0.717) is 6.54 Å². The number of hydrogen-bond donors (Lipinski definition) is 2. The van der Waals surface area contributed by atoms with E-state index < -0.39 is 12.1 Å². The van der Waals surface area contributed by atoms with Gasteiger partial charge < -0.3 is 15.1 Å². The van der Waals surface area contributed by atoms with E-state index in [4.69, 9.17) is 5.11 Å². The summed E-state index contributed by atoms with van der Waals surface area (Å²) in [5.74, 6) is -0.879. The summed E-state index contributed by atoms with van der Waals surface area (Å²) in [5, 5.41) is 18.3. The highest BCUT2D eigenvalue weighted by atomic mass is 79.9. The van der Waals surface area contributed by atoms with E-state index in [9.17, 15) is 9.90 Å². The third kappa shape index (κ3) is 4.66. The molecular formula is C13H18BrNO3. The van der Waals surface area contributed by atoms with Crippen molar-refractivity contribution >= 4 is 27.6 Å². The summed E-state index contributed by atoms with van der Waals surface area (Å²) in [6, 6.07) is 5.95. The van der Waals surface area contributed by atoms with Gasteiger partial charge in [-0.05, 0) is 31.0 Å². The quantitative estimate of drug-likeness (QED) is 0.846. The second-order valence-corrected chi connectivity index (χ2v) is 5.31. The van der Waals surface area contributed by atoms with Gasteiger partial charge in [0, 0.05) is 30.2 Å². The third-order valence-electron chi connectivity index (χ3n) is 2.76. The number of nitrogens with zero attached hydrogens (tertiary/aromatic N) is 1. The Morgan fingerprint density at radius 3 is 2.78 bits per heavy atom. The number of aliphatic carboxylic acids is 1. The maximum atomic E-state index is 10.4. The van der Waals surface area contributed by atoms with Crippen molar-refractivity contribution in [2.45, 2.75) is 25.9 Å². The average molecular weight is 316 g/mol. The fourth-order valence-corrected chi connectivity index (χ4v) is 2.14. The molecule has 5 heteroatoms. The summed E-state index contributed by atoms with van der Waals surface area (Å²) < 4.78 is 0.981. The van der Waals surface area contributed by atoms with Gasteiger partial charge in [0.2, 0.25) is 0 Å². The Labute approximate surface area is 115 Å². The Hall–Kier alpha value is -1.07. The average Bonchev–Trinajstić information content (AvgIpc) is 2.29. The Kier molecular flexibility index (Phi) is 5.62. The molecule has 1 unspecified atom stereocenters. The minimum atomic E-state index is -0.879. The zero-order valence-corrected chi connectivity index (χ0v) is 12.1. The fourth-order valence-electron chi connectivity index (χ4n) is 1.79. The van der Waals surface area contributed by atoms with Gasteiger partial charge in [-0.3, -0.25) is 4.79 Å². The molecule has 1 rings (SSSR count). The summed E-state index contributed by atoms with van der Waals surface area (Å²) >= 11 is 3.41. The van der Waals surface area contributed by atoms with Gasteiger partial charge in [-0.25, -0.2) is 0 Å². The second-order valence-electron chi connectivity index (χ2n) is 4.40. The first-order chi connectivity index (χ1) is 8.40. The molecule has 1 aromatic carbocycles. The molecule has 2 N–H and O–H groups in total. The lowest BCUT2D eigenvalue weighted by Crippen LogP contribution is -2.29. The number of aryl methyl sites for hydroxylation is 1. The van der Waals surface area contributed by atoms with Crippen LogP contribution in [0.4, 0.5) is 5.69 Å². The number of aliphatic hydroxyl groups is 1. The van der Waals surface area contributed by atoms with Crippen LogP contribution in [0.25, 0.3) is 0 Å². The van der Waals surface area contributed by atoms with Gasteiger partial charge in [-0.1, -0.05) is 22.0 Å². The van der Waals surface area contributed by atoms with Crippen LogP contribution in [0.3, 0.4) is 0 Å². The lowest BCUT2D eigenvalue weighted by Gasteiger charge is -2.24.